The largest absolute Gasteiger partial charge is 0.460 e. The van der Waals surface area contributed by atoms with Gasteiger partial charge in [-0.15, -0.1) is 0 Å². The van der Waals surface area contributed by atoms with Gasteiger partial charge in [-0.1, -0.05) is 6.58 Å². The number of carbonyl (C=O) groups excluding carboxylic acids is 1. The summed E-state index contributed by atoms with van der Waals surface area (Å²) in [5.41, 5.74) is 0.350. The van der Waals surface area contributed by atoms with Gasteiger partial charge in [0, 0.05) is 5.57 Å². The molecular formula is C12H22O9. The number of aliphatic hydroxyl groups excluding tert-OH is 6. The summed E-state index contributed by atoms with van der Waals surface area (Å²) in [6.07, 6.45) is -7.04. The highest BCUT2D eigenvalue weighted by Gasteiger charge is 2.42. The maximum Gasteiger partial charge on any atom is 0.333 e. The Morgan fingerprint density at radius 2 is 1.71 bits per heavy atom. The van der Waals surface area contributed by atoms with Gasteiger partial charge in [-0.05, 0) is 6.92 Å². The minimum absolute atomic E-state index is 0.0473. The fourth-order valence-corrected chi connectivity index (χ4v) is 1.34. The molecule has 0 radical (unpaired) electrons. The molecule has 0 amide bonds. The molecule has 0 aromatic rings. The third kappa shape index (κ3) is 6.48. The number of aliphatic hydroxyl groups is 6. The van der Waals surface area contributed by atoms with Crippen LogP contribution in [-0.4, -0.2) is 87.1 Å². The lowest BCUT2D eigenvalue weighted by molar-refractivity contribution is -0.286. The summed E-state index contributed by atoms with van der Waals surface area (Å²) >= 11 is 0. The van der Waals surface area contributed by atoms with Crippen LogP contribution in [0.3, 0.4) is 0 Å². The predicted octanol–water partition coefficient (Wildman–Crippen LogP) is -3.12. The van der Waals surface area contributed by atoms with Crippen LogP contribution in [0.1, 0.15) is 6.92 Å². The molecule has 0 aliphatic carbocycles. The van der Waals surface area contributed by atoms with E-state index in [9.17, 15) is 4.79 Å². The summed E-state index contributed by atoms with van der Waals surface area (Å²) in [6, 6.07) is 0. The summed E-state index contributed by atoms with van der Waals surface area (Å²) in [7, 11) is 0. The standard InChI is InChI=1S/C6H12O6.C6H10O3/c7-1-2-3(8)4(9)5(10)6(11)12-2;1-5(2)6(8)9-4-3-7/h2-11H,1H2;7H,1,3-4H2,2H3/t2-,3-,4+,5-,6?;/m1./s1. The van der Waals surface area contributed by atoms with Crippen molar-refractivity contribution >= 4 is 5.97 Å². The van der Waals surface area contributed by atoms with Gasteiger partial charge in [0.15, 0.2) is 6.29 Å². The van der Waals surface area contributed by atoms with Crippen molar-refractivity contribution in [2.24, 2.45) is 0 Å². The van der Waals surface area contributed by atoms with E-state index in [0.29, 0.717) is 5.57 Å². The molecule has 0 saturated carbocycles. The van der Waals surface area contributed by atoms with Gasteiger partial charge in [-0.3, -0.25) is 0 Å². The van der Waals surface area contributed by atoms with Gasteiger partial charge in [0.2, 0.25) is 0 Å². The third-order valence-corrected chi connectivity index (χ3v) is 2.54. The molecule has 1 unspecified atom stereocenters. The minimum atomic E-state index is -1.57. The second-order valence-corrected chi connectivity index (χ2v) is 4.36. The molecule has 9 nitrogen and oxygen atoms in total. The van der Waals surface area contributed by atoms with Crippen LogP contribution in [0, 0.1) is 0 Å². The van der Waals surface area contributed by atoms with E-state index in [1.807, 2.05) is 0 Å². The molecule has 0 aromatic carbocycles. The Bertz CT molecular complexity index is 328. The first-order valence-corrected chi connectivity index (χ1v) is 6.18. The molecule has 0 aromatic heterocycles. The van der Waals surface area contributed by atoms with Crippen LogP contribution in [0.2, 0.25) is 0 Å². The Balaban J connectivity index is 0.000000400. The predicted molar refractivity (Wildman–Crippen MR) is 68.8 cm³/mol. The third-order valence-electron chi connectivity index (χ3n) is 2.54. The molecule has 1 aliphatic heterocycles. The van der Waals surface area contributed by atoms with E-state index in [0.717, 1.165) is 0 Å². The van der Waals surface area contributed by atoms with E-state index in [2.05, 4.69) is 16.1 Å². The van der Waals surface area contributed by atoms with E-state index in [-0.39, 0.29) is 13.2 Å². The Kier molecular flexibility index (Phi) is 9.29. The maximum absolute atomic E-state index is 10.5. The average Bonchev–Trinajstić information content (AvgIpc) is 2.46. The molecule has 124 valence electrons. The van der Waals surface area contributed by atoms with Crippen molar-refractivity contribution in [3.63, 3.8) is 0 Å². The highest BCUT2D eigenvalue weighted by atomic mass is 16.6. The maximum atomic E-state index is 10.5. The molecule has 1 heterocycles. The Hall–Kier alpha value is -1.07. The molecule has 1 aliphatic rings. The van der Waals surface area contributed by atoms with Crippen molar-refractivity contribution in [3.05, 3.63) is 12.2 Å². The summed E-state index contributed by atoms with van der Waals surface area (Å²) < 4.78 is 9.04. The van der Waals surface area contributed by atoms with Crippen LogP contribution < -0.4 is 0 Å². The molecule has 5 atom stereocenters. The van der Waals surface area contributed by atoms with Gasteiger partial charge in [-0.25, -0.2) is 4.79 Å². The minimum Gasteiger partial charge on any atom is -0.460 e. The quantitative estimate of drug-likeness (QED) is 0.233. The van der Waals surface area contributed by atoms with Crippen LogP contribution in [0.15, 0.2) is 12.2 Å². The zero-order valence-electron chi connectivity index (χ0n) is 11.6. The highest BCUT2D eigenvalue weighted by molar-refractivity contribution is 5.86. The van der Waals surface area contributed by atoms with Crippen LogP contribution in [0.4, 0.5) is 0 Å². The molecular weight excluding hydrogens is 288 g/mol. The van der Waals surface area contributed by atoms with Crippen LogP contribution >= 0.6 is 0 Å². The first-order valence-electron chi connectivity index (χ1n) is 6.18. The second-order valence-electron chi connectivity index (χ2n) is 4.36. The van der Waals surface area contributed by atoms with Gasteiger partial charge >= 0.3 is 5.97 Å². The Morgan fingerprint density at radius 1 is 1.14 bits per heavy atom. The van der Waals surface area contributed by atoms with E-state index in [4.69, 9.17) is 30.6 Å². The highest BCUT2D eigenvalue weighted by Crippen LogP contribution is 2.18. The zero-order chi connectivity index (χ0) is 16.6. The molecule has 1 saturated heterocycles. The van der Waals surface area contributed by atoms with Gasteiger partial charge in [-0.2, -0.15) is 0 Å². The van der Waals surface area contributed by atoms with Gasteiger partial charge in [0.05, 0.1) is 13.2 Å². The number of hydrogen-bond acceptors (Lipinski definition) is 9. The number of rotatable bonds is 4. The van der Waals surface area contributed by atoms with E-state index in [1.165, 1.54) is 0 Å². The SMILES string of the molecule is C=C(C)C(=O)OCCO.OC[C@H]1OC(O)[C@H](O)[C@@H](O)[C@@H]1O. The number of ether oxygens (including phenoxy) is 2. The van der Waals surface area contributed by atoms with E-state index >= 15 is 0 Å². The fraction of sp³-hybridized carbons (Fsp3) is 0.750. The van der Waals surface area contributed by atoms with Crippen LogP contribution in [0.5, 0.6) is 0 Å². The monoisotopic (exact) mass is 310 g/mol. The number of esters is 1. The van der Waals surface area contributed by atoms with Crippen molar-refractivity contribution in [1.82, 2.24) is 0 Å². The van der Waals surface area contributed by atoms with Crippen LogP contribution in [0.25, 0.3) is 0 Å². The number of carbonyl (C=O) groups is 1. The average molecular weight is 310 g/mol. The molecule has 6 N–H and O–H groups in total. The summed E-state index contributed by atoms with van der Waals surface area (Å²) in [6.45, 7) is 4.29. The first kappa shape index (κ1) is 19.9. The van der Waals surface area contributed by atoms with Gasteiger partial charge < -0.3 is 40.1 Å². The lowest BCUT2D eigenvalue weighted by Crippen LogP contribution is -2.58. The zero-order valence-corrected chi connectivity index (χ0v) is 11.6. The Labute approximate surface area is 121 Å². The fourth-order valence-electron chi connectivity index (χ4n) is 1.34. The van der Waals surface area contributed by atoms with Crippen molar-refractivity contribution in [2.75, 3.05) is 19.8 Å². The van der Waals surface area contributed by atoms with Gasteiger partial charge in [0.25, 0.3) is 0 Å². The Morgan fingerprint density at radius 3 is 2.14 bits per heavy atom. The molecule has 1 fully saturated rings. The summed E-state index contributed by atoms with van der Waals surface area (Å²) in [5, 5.41) is 52.8. The normalized spacial score (nSPS) is 31.9. The summed E-state index contributed by atoms with van der Waals surface area (Å²) in [5.74, 6) is -0.455. The van der Waals surface area contributed by atoms with Crippen molar-refractivity contribution in [2.45, 2.75) is 37.6 Å². The molecule has 21 heavy (non-hydrogen) atoms. The molecule has 9 heteroatoms. The van der Waals surface area contributed by atoms with E-state index in [1.54, 1.807) is 6.92 Å². The topological polar surface area (TPSA) is 157 Å². The molecule has 0 spiro atoms. The molecule has 1 rings (SSSR count). The summed E-state index contributed by atoms with van der Waals surface area (Å²) in [4.78, 5) is 10.5. The van der Waals surface area contributed by atoms with Crippen LogP contribution in [-0.2, 0) is 14.3 Å². The van der Waals surface area contributed by atoms with E-state index < -0.39 is 43.3 Å². The smallest absolute Gasteiger partial charge is 0.333 e. The molecule has 0 bridgehead atoms. The lowest BCUT2D eigenvalue weighted by atomic mass is 10.00. The number of hydrogen-bond donors (Lipinski definition) is 6. The lowest BCUT2D eigenvalue weighted by Gasteiger charge is -2.37. The second kappa shape index (κ2) is 9.79. The van der Waals surface area contributed by atoms with Crippen molar-refractivity contribution in [1.29, 1.82) is 0 Å². The van der Waals surface area contributed by atoms with Crippen molar-refractivity contribution < 1.29 is 44.9 Å². The first-order chi connectivity index (χ1) is 9.76. The van der Waals surface area contributed by atoms with Gasteiger partial charge in [0.1, 0.15) is 31.0 Å². The van der Waals surface area contributed by atoms with Crippen molar-refractivity contribution in [3.8, 4) is 0 Å².